The van der Waals surface area contributed by atoms with E-state index in [4.69, 9.17) is 4.74 Å². The molecule has 16 heavy (non-hydrogen) atoms. The van der Waals surface area contributed by atoms with Crippen LogP contribution >= 0.6 is 0 Å². The Bertz CT molecular complexity index is 292. The summed E-state index contributed by atoms with van der Waals surface area (Å²) in [7, 11) is 0. The van der Waals surface area contributed by atoms with Crippen LogP contribution in [0.5, 0.6) is 0 Å². The third-order valence-electron chi connectivity index (χ3n) is 4.68. The van der Waals surface area contributed by atoms with Crippen LogP contribution in [0.2, 0.25) is 0 Å². The van der Waals surface area contributed by atoms with Crippen molar-refractivity contribution in [1.82, 2.24) is 0 Å². The van der Waals surface area contributed by atoms with Gasteiger partial charge in [0.05, 0.1) is 17.6 Å². The molecule has 2 saturated carbocycles. The van der Waals surface area contributed by atoms with E-state index >= 15 is 0 Å². The molecule has 0 heterocycles. The highest BCUT2D eigenvalue weighted by Crippen LogP contribution is 2.64. The summed E-state index contributed by atoms with van der Waals surface area (Å²) in [5, 5.41) is 9.17. The maximum absolute atomic E-state index is 11.2. The summed E-state index contributed by atoms with van der Waals surface area (Å²) in [4.78, 5) is 11.2. The van der Waals surface area contributed by atoms with Gasteiger partial charge in [-0.25, -0.2) is 0 Å². The van der Waals surface area contributed by atoms with Crippen molar-refractivity contribution in [2.75, 3.05) is 0 Å². The minimum Gasteiger partial charge on any atom is -0.481 e. The molecule has 0 saturated heterocycles. The first-order chi connectivity index (χ1) is 7.39. The summed E-state index contributed by atoms with van der Waals surface area (Å²) < 4.78 is 6.10. The van der Waals surface area contributed by atoms with Crippen LogP contribution in [0.4, 0.5) is 0 Å². The van der Waals surface area contributed by atoms with E-state index in [2.05, 4.69) is 0 Å². The SMILES string of the molecule is CC1(C)C(C(=O)O)C1(C)OC1CCCCC1. The zero-order chi connectivity index (χ0) is 12.0. The fraction of sp³-hybridized carbons (Fsp3) is 0.923. The number of carboxylic acids is 1. The van der Waals surface area contributed by atoms with Gasteiger partial charge in [0.25, 0.3) is 0 Å². The minimum absolute atomic E-state index is 0.226. The van der Waals surface area contributed by atoms with Gasteiger partial charge in [-0.1, -0.05) is 33.1 Å². The molecule has 2 unspecified atom stereocenters. The molecule has 2 fully saturated rings. The molecule has 2 aliphatic rings. The van der Waals surface area contributed by atoms with Gasteiger partial charge in [-0.2, -0.15) is 0 Å². The van der Waals surface area contributed by atoms with Crippen molar-refractivity contribution in [3.63, 3.8) is 0 Å². The highest BCUT2D eigenvalue weighted by Gasteiger charge is 2.73. The fourth-order valence-corrected chi connectivity index (χ4v) is 3.23. The van der Waals surface area contributed by atoms with Gasteiger partial charge < -0.3 is 9.84 Å². The van der Waals surface area contributed by atoms with Crippen LogP contribution in [0.25, 0.3) is 0 Å². The fourth-order valence-electron chi connectivity index (χ4n) is 3.23. The average molecular weight is 226 g/mol. The summed E-state index contributed by atoms with van der Waals surface area (Å²) in [6.45, 7) is 5.95. The predicted molar refractivity (Wildman–Crippen MR) is 61.3 cm³/mol. The van der Waals surface area contributed by atoms with Crippen LogP contribution in [0.1, 0.15) is 52.9 Å². The Balaban J connectivity index is 2.01. The Morgan fingerprint density at radius 1 is 1.19 bits per heavy atom. The van der Waals surface area contributed by atoms with Crippen LogP contribution < -0.4 is 0 Å². The molecule has 0 radical (unpaired) electrons. The second kappa shape index (κ2) is 3.73. The molecular formula is C13H22O3. The van der Waals surface area contributed by atoms with Crippen LogP contribution in [-0.4, -0.2) is 22.8 Å². The molecule has 2 atom stereocenters. The molecule has 0 aromatic heterocycles. The number of ether oxygens (including phenoxy) is 1. The highest BCUT2D eigenvalue weighted by atomic mass is 16.5. The summed E-state index contributed by atoms with van der Waals surface area (Å²) in [5.74, 6) is -1.06. The van der Waals surface area contributed by atoms with E-state index in [1.807, 2.05) is 20.8 Å². The van der Waals surface area contributed by atoms with E-state index in [0.29, 0.717) is 0 Å². The second-order valence-corrected chi connectivity index (χ2v) is 5.98. The van der Waals surface area contributed by atoms with Crippen molar-refractivity contribution in [3.8, 4) is 0 Å². The zero-order valence-corrected chi connectivity index (χ0v) is 10.5. The number of hydrogen-bond acceptors (Lipinski definition) is 2. The van der Waals surface area contributed by atoms with Crippen molar-refractivity contribution in [1.29, 1.82) is 0 Å². The van der Waals surface area contributed by atoms with E-state index in [0.717, 1.165) is 12.8 Å². The van der Waals surface area contributed by atoms with Crippen molar-refractivity contribution in [3.05, 3.63) is 0 Å². The van der Waals surface area contributed by atoms with Gasteiger partial charge in [-0.3, -0.25) is 4.79 Å². The first-order valence-electron chi connectivity index (χ1n) is 6.30. The molecule has 0 bridgehead atoms. The van der Waals surface area contributed by atoms with Gasteiger partial charge in [0.1, 0.15) is 0 Å². The molecule has 0 amide bonds. The molecule has 2 aliphatic carbocycles. The van der Waals surface area contributed by atoms with Crippen molar-refractivity contribution < 1.29 is 14.6 Å². The molecule has 2 rings (SSSR count). The third kappa shape index (κ3) is 1.65. The molecule has 3 nitrogen and oxygen atoms in total. The second-order valence-electron chi connectivity index (χ2n) is 5.98. The molecule has 92 valence electrons. The monoisotopic (exact) mass is 226 g/mol. The molecule has 0 aromatic carbocycles. The van der Waals surface area contributed by atoms with Crippen LogP contribution in [0.15, 0.2) is 0 Å². The Labute approximate surface area is 97.2 Å². The first-order valence-corrected chi connectivity index (χ1v) is 6.30. The lowest BCUT2D eigenvalue weighted by Gasteiger charge is -2.27. The molecule has 3 heteroatoms. The van der Waals surface area contributed by atoms with Crippen LogP contribution in [0.3, 0.4) is 0 Å². The lowest BCUT2D eigenvalue weighted by atomic mass is 9.97. The van der Waals surface area contributed by atoms with Crippen LogP contribution in [0, 0.1) is 11.3 Å². The molecule has 0 spiro atoms. The number of carboxylic acid groups (broad SMARTS) is 1. The van der Waals surface area contributed by atoms with Gasteiger partial charge in [0, 0.05) is 5.41 Å². The molecular weight excluding hydrogens is 204 g/mol. The Kier molecular flexibility index (Phi) is 2.77. The maximum Gasteiger partial charge on any atom is 0.310 e. The van der Waals surface area contributed by atoms with Crippen molar-refractivity contribution in [2.45, 2.75) is 64.6 Å². The zero-order valence-electron chi connectivity index (χ0n) is 10.5. The molecule has 1 N–H and O–H groups in total. The van der Waals surface area contributed by atoms with Gasteiger partial charge in [-0.15, -0.1) is 0 Å². The van der Waals surface area contributed by atoms with Crippen LogP contribution in [-0.2, 0) is 9.53 Å². The smallest absolute Gasteiger partial charge is 0.310 e. The van der Waals surface area contributed by atoms with E-state index in [1.165, 1.54) is 19.3 Å². The molecule has 0 aliphatic heterocycles. The average Bonchev–Trinajstić information content (AvgIpc) is 2.61. The summed E-state index contributed by atoms with van der Waals surface area (Å²) in [6.07, 6.45) is 6.21. The van der Waals surface area contributed by atoms with Gasteiger partial charge >= 0.3 is 5.97 Å². The molecule has 0 aromatic rings. The standard InChI is InChI=1S/C13H22O3/c1-12(2)10(11(14)15)13(12,3)16-9-7-5-4-6-8-9/h9-10H,4-8H2,1-3H3,(H,14,15). The lowest BCUT2D eigenvalue weighted by molar-refractivity contribution is -0.142. The first kappa shape index (κ1) is 11.9. The topological polar surface area (TPSA) is 46.5 Å². The minimum atomic E-state index is -0.719. The van der Waals surface area contributed by atoms with Gasteiger partial charge in [-0.05, 0) is 19.8 Å². The van der Waals surface area contributed by atoms with Gasteiger partial charge in [0.2, 0.25) is 0 Å². The summed E-state index contributed by atoms with van der Waals surface area (Å²) in [5.41, 5.74) is -0.683. The van der Waals surface area contributed by atoms with E-state index in [-0.39, 0.29) is 17.4 Å². The van der Waals surface area contributed by atoms with E-state index in [1.54, 1.807) is 0 Å². The summed E-state index contributed by atoms with van der Waals surface area (Å²) in [6, 6.07) is 0. The maximum atomic E-state index is 11.2. The predicted octanol–water partition coefficient (Wildman–Crippen LogP) is 2.84. The van der Waals surface area contributed by atoms with Crippen molar-refractivity contribution in [2.24, 2.45) is 11.3 Å². The summed E-state index contributed by atoms with van der Waals surface area (Å²) >= 11 is 0. The lowest BCUT2D eigenvalue weighted by Crippen LogP contribution is -2.28. The Morgan fingerprint density at radius 2 is 1.75 bits per heavy atom. The largest absolute Gasteiger partial charge is 0.481 e. The Hall–Kier alpha value is -0.570. The number of rotatable bonds is 3. The Morgan fingerprint density at radius 3 is 2.19 bits per heavy atom. The highest BCUT2D eigenvalue weighted by molar-refractivity contribution is 5.77. The normalized spacial score (nSPS) is 38.3. The quantitative estimate of drug-likeness (QED) is 0.805. The van der Waals surface area contributed by atoms with E-state index in [9.17, 15) is 9.90 Å². The number of aliphatic carboxylic acids is 1. The van der Waals surface area contributed by atoms with Crippen molar-refractivity contribution >= 4 is 5.97 Å². The third-order valence-corrected chi connectivity index (χ3v) is 4.68. The number of hydrogen-bond donors (Lipinski definition) is 1. The van der Waals surface area contributed by atoms with E-state index < -0.39 is 11.6 Å². The van der Waals surface area contributed by atoms with Gasteiger partial charge in [0.15, 0.2) is 0 Å². The number of carbonyl (C=O) groups is 1.